The maximum atomic E-state index is 13.7. The van der Waals surface area contributed by atoms with Crippen molar-refractivity contribution in [1.29, 1.82) is 0 Å². The summed E-state index contributed by atoms with van der Waals surface area (Å²) in [5.41, 5.74) is -0.906. The van der Waals surface area contributed by atoms with Crippen LogP contribution in [0.2, 0.25) is 0 Å². The summed E-state index contributed by atoms with van der Waals surface area (Å²) in [4.78, 5) is 41.8. The van der Waals surface area contributed by atoms with E-state index in [9.17, 15) is 14.4 Å². The summed E-state index contributed by atoms with van der Waals surface area (Å²) in [5, 5.41) is 15.1. The first-order chi connectivity index (χ1) is 15.4. The van der Waals surface area contributed by atoms with Crippen LogP contribution in [-0.2, 0) is 19.1 Å². The van der Waals surface area contributed by atoms with E-state index in [1.54, 1.807) is 4.90 Å². The third-order valence-corrected chi connectivity index (χ3v) is 7.32. The average molecular weight is 452 g/mol. The monoisotopic (exact) mass is 451 g/mol. The lowest BCUT2D eigenvalue weighted by atomic mass is 9.70. The molecule has 3 N–H and O–H groups in total. The third kappa shape index (κ3) is 4.67. The summed E-state index contributed by atoms with van der Waals surface area (Å²) in [5.74, 6) is -1.51. The van der Waals surface area contributed by atoms with Crippen LogP contribution in [0.1, 0.15) is 78.6 Å². The number of ether oxygens (including phenoxy) is 1. The first-order valence-electron chi connectivity index (χ1n) is 12.6. The second-order valence-electron chi connectivity index (χ2n) is 9.71. The molecule has 182 valence electrons. The highest BCUT2D eigenvalue weighted by molar-refractivity contribution is 5.98. The van der Waals surface area contributed by atoms with Gasteiger partial charge in [0.25, 0.3) is 0 Å². The molecule has 3 aliphatic heterocycles. The molecule has 0 aliphatic carbocycles. The molecule has 8 heteroatoms. The highest BCUT2D eigenvalue weighted by Gasteiger charge is 2.74. The van der Waals surface area contributed by atoms with Crippen LogP contribution < -0.4 is 10.6 Å². The van der Waals surface area contributed by atoms with Gasteiger partial charge in [-0.1, -0.05) is 33.1 Å². The number of nitrogens with one attached hydrogen (secondary N) is 2. The lowest BCUT2D eigenvalue weighted by Crippen LogP contribution is -2.56. The minimum atomic E-state index is -0.906. The average Bonchev–Trinajstić information content (AvgIpc) is 3.39. The van der Waals surface area contributed by atoms with E-state index in [0.29, 0.717) is 25.9 Å². The van der Waals surface area contributed by atoms with E-state index in [1.165, 1.54) is 0 Å². The fourth-order valence-electron chi connectivity index (χ4n) is 5.93. The van der Waals surface area contributed by atoms with Crippen LogP contribution in [0, 0.1) is 11.8 Å². The number of carbonyl (C=O) groups is 3. The standard InChI is InChI=1S/C24H41N3O5/c1-4-10-16(3)26-22(30)20-24-12-11-17(32-24)18(21(29)25-13-5-2)19(24)23(31)27(20)14-8-6-7-9-15-28/h16-20,28H,4-15H2,1-3H3,(H,25,29)(H,26,30)/t16?,17-,18+,19+,20?,24?/m1/s1. The van der Waals surface area contributed by atoms with Gasteiger partial charge in [0, 0.05) is 25.7 Å². The number of hydrogen-bond acceptors (Lipinski definition) is 5. The largest absolute Gasteiger partial charge is 0.396 e. The van der Waals surface area contributed by atoms with Gasteiger partial charge < -0.3 is 25.4 Å². The smallest absolute Gasteiger partial charge is 0.246 e. The van der Waals surface area contributed by atoms with Crippen molar-refractivity contribution in [3.63, 3.8) is 0 Å². The summed E-state index contributed by atoms with van der Waals surface area (Å²) in [6.45, 7) is 7.27. The third-order valence-electron chi connectivity index (χ3n) is 7.32. The predicted octanol–water partition coefficient (Wildman–Crippen LogP) is 1.74. The zero-order valence-electron chi connectivity index (χ0n) is 19.9. The number of likely N-dealkylation sites (tertiary alicyclic amines) is 1. The normalized spacial score (nSPS) is 31.6. The van der Waals surface area contributed by atoms with Crippen LogP contribution in [0.4, 0.5) is 0 Å². The summed E-state index contributed by atoms with van der Waals surface area (Å²) in [7, 11) is 0. The molecule has 3 aliphatic rings. The second kappa shape index (κ2) is 11.0. The molecule has 2 bridgehead atoms. The summed E-state index contributed by atoms with van der Waals surface area (Å²) in [6.07, 6.45) is 6.97. The molecule has 0 aromatic carbocycles. The van der Waals surface area contributed by atoms with Crippen molar-refractivity contribution >= 4 is 17.7 Å². The molecule has 3 fully saturated rings. The van der Waals surface area contributed by atoms with Gasteiger partial charge in [0.15, 0.2) is 0 Å². The highest BCUT2D eigenvalue weighted by atomic mass is 16.5. The van der Waals surface area contributed by atoms with E-state index >= 15 is 0 Å². The van der Waals surface area contributed by atoms with Crippen molar-refractivity contribution in [2.75, 3.05) is 19.7 Å². The fourth-order valence-corrected chi connectivity index (χ4v) is 5.93. The van der Waals surface area contributed by atoms with Crippen LogP contribution in [0.15, 0.2) is 0 Å². The van der Waals surface area contributed by atoms with E-state index < -0.39 is 23.5 Å². The van der Waals surface area contributed by atoms with Crippen molar-refractivity contribution in [3.8, 4) is 0 Å². The predicted molar refractivity (Wildman–Crippen MR) is 121 cm³/mol. The second-order valence-corrected chi connectivity index (χ2v) is 9.71. The van der Waals surface area contributed by atoms with E-state index in [1.807, 2.05) is 13.8 Å². The molecule has 3 amide bonds. The molecule has 6 atom stereocenters. The molecule has 32 heavy (non-hydrogen) atoms. The minimum Gasteiger partial charge on any atom is -0.396 e. The highest BCUT2D eigenvalue weighted by Crippen LogP contribution is 2.58. The number of aliphatic hydroxyl groups is 1. The zero-order valence-corrected chi connectivity index (χ0v) is 19.9. The number of carbonyl (C=O) groups excluding carboxylic acids is 3. The Labute approximate surface area is 191 Å². The molecule has 3 saturated heterocycles. The number of rotatable bonds is 13. The number of unbranched alkanes of at least 4 members (excludes halogenated alkanes) is 3. The Kier molecular flexibility index (Phi) is 8.55. The van der Waals surface area contributed by atoms with Gasteiger partial charge in [-0.15, -0.1) is 0 Å². The molecule has 3 rings (SSSR count). The molecule has 0 saturated carbocycles. The lowest BCUT2D eigenvalue weighted by Gasteiger charge is -2.34. The Morgan fingerprint density at radius 3 is 2.62 bits per heavy atom. The number of nitrogens with zero attached hydrogens (tertiary/aromatic N) is 1. The van der Waals surface area contributed by atoms with Crippen LogP contribution in [0.3, 0.4) is 0 Å². The Balaban J connectivity index is 1.83. The fraction of sp³-hybridized carbons (Fsp3) is 0.875. The number of hydrogen-bond donors (Lipinski definition) is 3. The van der Waals surface area contributed by atoms with E-state index in [4.69, 9.17) is 9.84 Å². The minimum absolute atomic E-state index is 0.0201. The molecular formula is C24H41N3O5. The quantitative estimate of drug-likeness (QED) is 0.370. The first kappa shape index (κ1) is 25.0. The maximum absolute atomic E-state index is 13.7. The van der Waals surface area contributed by atoms with Gasteiger partial charge in [0.2, 0.25) is 17.7 Å². The molecule has 8 nitrogen and oxygen atoms in total. The van der Waals surface area contributed by atoms with Gasteiger partial charge in [-0.2, -0.15) is 0 Å². The van der Waals surface area contributed by atoms with Crippen molar-refractivity contribution < 1.29 is 24.2 Å². The van der Waals surface area contributed by atoms with E-state index in [0.717, 1.165) is 44.9 Å². The lowest BCUT2D eigenvalue weighted by molar-refractivity contribution is -0.142. The van der Waals surface area contributed by atoms with Crippen LogP contribution in [0.25, 0.3) is 0 Å². The zero-order chi connectivity index (χ0) is 23.3. The Hall–Kier alpha value is -1.67. The molecule has 0 aromatic rings. The number of fused-ring (bicyclic) bond motifs is 1. The molecule has 3 unspecified atom stereocenters. The Morgan fingerprint density at radius 1 is 1.19 bits per heavy atom. The maximum Gasteiger partial charge on any atom is 0.246 e. The van der Waals surface area contributed by atoms with Crippen LogP contribution in [-0.4, -0.2) is 71.2 Å². The summed E-state index contributed by atoms with van der Waals surface area (Å²) >= 11 is 0. The molecule has 0 aromatic heterocycles. The van der Waals surface area contributed by atoms with Crippen molar-refractivity contribution in [2.45, 2.75) is 102 Å². The van der Waals surface area contributed by atoms with Crippen LogP contribution in [0.5, 0.6) is 0 Å². The van der Waals surface area contributed by atoms with Crippen molar-refractivity contribution in [1.82, 2.24) is 15.5 Å². The molecule has 3 heterocycles. The topological polar surface area (TPSA) is 108 Å². The van der Waals surface area contributed by atoms with Gasteiger partial charge in [-0.3, -0.25) is 14.4 Å². The van der Waals surface area contributed by atoms with Gasteiger partial charge in [-0.25, -0.2) is 0 Å². The van der Waals surface area contributed by atoms with Gasteiger partial charge >= 0.3 is 0 Å². The SMILES string of the molecule is CCCNC(=O)[C@@H]1[C@H]2C(=O)N(CCCCCCO)C(C(=O)NC(C)CCC)C23CC[C@H]1O3. The van der Waals surface area contributed by atoms with Gasteiger partial charge in [0.1, 0.15) is 11.6 Å². The number of amides is 3. The summed E-state index contributed by atoms with van der Waals surface area (Å²) in [6, 6.07) is -0.669. The van der Waals surface area contributed by atoms with Gasteiger partial charge in [0.05, 0.1) is 17.9 Å². The van der Waals surface area contributed by atoms with E-state index in [-0.39, 0.29) is 36.5 Å². The molecule has 0 radical (unpaired) electrons. The van der Waals surface area contributed by atoms with Crippen molar-refractivity contribution in [3.05, 3.63) is 0 Å². The Morgan fingerprint density at radius 2 is 1.94 bits per heavy atom. The number of aliphatic hydroxyl groups excluding tert-OH is 1. The molecular weight excluding hydrogens is 410 g/mol. The van der Waals surface area contributed by atoms with Crippen molar-refractivity contribution in [2.24, 2.45) is 11.8 Å². The summed E-state index contributed by atoms with van der Waals surface area (Å²) < 4.78 is 6.40. The van der Waals surface area contributed by atoms with Crippen LogP contribution >= 0.6 is 0 Å². The first-order valence-corrected chi connectivity index (χ1v) is 12.6. The Bertz CT molecular complexity index is 687. The van der Waals surface area contributed by atoms with E-state index in [2.05, 4.69) is 17.6 Å². The van der Waals surface area contributed by atoms with Gasteiger partial charge in [-0.05, 0) is 45.4 Å². The molecule has 1 spiro atoms.